The number of thiazole rings is 1. The Morgan fingerprint density at radius 2 is 2.00 bits per heavy atom. The Labute approximate surface area is 178 Å². The minimum atomic E-state index is -3.09. The van der Waals surface area contributed by atoms with E-state index in [1.54, 1.807) is 4.57 Å². The maximum Gasteiger partial charge on any atom is 0.326 e. The van der Waals surface area contributed by atoms with Gasteiger partial charge >= 0.3 is 5.97 Å². The van der Waals surface area contributed by atoms with Crippen LogP contribution >= 0.6 is 23.6 Å². The summed E-state index contributed by atoms with van der Waals surface area (Å²) in [6, 6.07) is 7.52. The summed E-state index contributed by atoms with van der Waals surface area (Å²) in [4.78, 5) is 25.9. The van der Waals surface area contributed by atoms with Crippen molar-refractivity contribution >= 4 is 45.3 Å². The van der Waals surface area contributed by atoms with E-state index in [1.807, 2.05) is 36.6 Å². The number of aryl methyl sites for hydroxylation is 1. The Morgan fingerprint density at radius 1 is 1.31 bits per heavy atom. The molecule has 10 heteroatoms. The molecular formula is C19H22N2O5S3. The van der Waals surface area contributed by atoms with Crippen molar-refractivity contribution in [2.24, 2.45) is 0 Å². The Bertz CT molecular complexity index is 1070. The molecule has 0 spiro atoms. The van der Waals surface area contributed by atoms with Crippen molar-refractivity contribution in [1.29, 1.82) is 0 Å². The largest absolute Gasteiger partial charge is 0.454 e. The Morgan fingerprint density at radius 3 is 2.62 bits per heavy atom. The summed E-state index contributed by atoms with van der Waals surface area (Å²) >= 11 is 6.69. The quantitative estimate of drug-likeness (QED) is 0.492. The SMILES string of the molecule is Cc1ccc(-c2csc(=S)n2CC(=O)OCC(=O)N(C)C2CCS(=O)(=O)C2)cc1. The summed E-state index contributed by atoms with van der Waals surface area (Å²) in [5.74, 6) is -0.970. The molecule has 0 saturated carbocycles. The molecule has 3 rings (SSSR count). The fourth-order valence-electron chi connectivity index (χ4n) is 3.13. The Hall–Kier alpha value is -2.04. The third-order valence-electron chi connectivity index (χ3n) is 4.92. The van der Waals surface area contributed by atoms with Gasteiger partial charge in [-0.3, -0.25) is 9.59 Å². The lowest BCUT2D eigenvalue weighted by molar-refractivity contribution is -0.152. The van der Waals surface area contributed by atoms with E-state index < -0.39 is 28.3 Å². The second-order valence-corrected chi connectivity index (χ2v) is 10.8. The fraction of sp³-hybridized carbons (Fsp3) is 0.421. The average Bonchev–Trinajstić information content (AvgIpc) is 3.22. The van der Waals surface area contributed by atoms with Gasteiger partial charge in [0.25, 0.3) is 5.91 Å². The summed E-state index contributed by atoms with van der Waals surface area (Å²) in [5.41, 5.74) is 2.89. The van der Waals surface area contributed by atoms with E-state index in [2.05, 4.69) is 0 Å². The summed E-state index contributed by atoms with van der Waals surface area (Å²) in [7, 11) is -1.56. The first-order valence-corrected chi connectivity index (χ1v) is 12.1. The first-order valence-electron chi connectivity index (χ1n) is 9.03. The van der Waals surface area contributed by atoms with Crippen molar-refractivity contribution in [3.8, 4) is 11.3 Å². The zero-order valence-corrected chi connectivity index (χ0v) is 18.6. The zero-order chi connectivity index (χ0) is 21.2. The van der Waals surface area contributed by atoms with Gasteiger partial charge < -0.3 is 14.2 Å². The number of nitrogens with zero attached hydrogens (tertiary/aromatic N) is 2. The van der Waals surface area contributed by atoms with Crippen LogP contribution < -0.4 is 0 Å². The van der Waals surface area contributed by atoms with Crippen LogP contribution in [0, 0.1) is 10.9 Å². The molecule has 2 aromatic rings. The van der Waals surface area contributed by atoms with Crippen LogP contribution in [0.2, 0.25) is 0 Å². The molecule has 1 unspecified atom stereocenters. The van der Waals surface area contributed by atoms with Crippen LogP contribution in [0.15, 0.2) is 29.6 Å². The number of hydrogen-bond donors (Lipinski definition) is 0. The minimum absolute atomic E-state index is 0.0484. The number of likely N-dealkylation sites (N-methyl/N-ethyl adjacent to an activating group) is 1. The van der Waals surface area contributed by atoms with Gasteiger partial charge in [0.1, 0.15) is 6.54 Å². The molecule has 1 aromatic carbocycles. The van der Waals surface area contributed by atoms with Crippen LogP contribution in [0.25, 0.3) is 11.3 Å². The van der Waals surface area contributed by atoms with Crippen molar-refractivity contribution in [3.63, 3.8) is 0 Å². The molecule has 156 valence electrons. The van der Waals surface area contributed by atoms with E-state index in [9.17, 15) is 18.0 Å². The number of ether oxygens (including phenoxy) is 1. The third kappa shape index (κ3) is 5.31. The molecule has 1 saturated heterocycles. The summed E-state index contributed by atoms with van der Waals surface area (Å²) < 4.78 is 30.5. The number of sulfone groups is 1. The predicted octanol–water partition coefficient (Wildman–Crippen LogP) is 2.44. The van der Waals surface area contributed by atoms with Gasteiger partial charge in [0.15, 0.2) is 20.4 Å². The number of amides is 1. The minimum Gasteiger partial charge on any atom is -0.454 e. The molecule has 29 heavy (non-hydrogen) atoms. The van der Waals surface area contributed by atoms with Crippen LogP contribution in [0.5, 0.6) is 0 Å². The van der Waals surface area contributed by atoms with Gasteiger partial charge in [0.2, 0.25) is 0 Å². The molecule has 0 bridgehead atoms. The molecule has 1 aromatic heterocycles. The van der Waals surface area contributed by atoms with Crippen molar-refractivity contribution < 1.29 is 22.7 Å². The van der Waals surface area contributed by atoms with Gasteiger partial charge in [-0.15, -0.1) is 11.3 Å². The van der Waals surface area contributed by atoms with Crippen LogP contribution in [-0.4, -0.2) is 61.0 Å². The van der Waals surface area contributed by atoms with Gasteiger partial charge in [-0.1, -0.05) is 29.8 Å². The lowest BCUT2D eigenvalue weighted by Crippen LogP contribution is -2.40. The van der Waals surface area contributed by atoms with E-state index in [-0.39, 0.29) is 24.1 Å². The fourth-order valence-corrected chi connectivity index (χ4v) is 5.98. The van der Waals surface area contributed by atoms with Crippen molar-refractivity contribution in [3.05, 3.63) is 39.2 Å². The lowest BCUT2D eigenvalue weighted by atomic mass is 10.1. The van der Waals surface area contributed by atoms with Gasteiger partial charge in [-0.05, 0) is 31.1 Å². The highest BCUT2D eigenvalue weighted by Crippen LogP contribution is 2.24. The van der Waals surface area contributed by atoms with E-state index in [4.69, 9.17) is 17.0 Å². The molecule has 0 N–H and O–H groups in total. The van der Waals surface area contributed by atoms with Gasteiger partial charge in [0, 0.05) is 18.5 Å². The normalized spacial score (nSPS) is 17.8. The molecule has 0 radical (unpaired) electrons. The molecular weight excluding hydrogens is 432 g/mol. The molecule has 1 atom stereocenters. The third-order valence-corrected chi connectivity index (χ3v) is 7.95. The number of esters is 1. The second kappa shape index (κ2) is 8.76. The van der Waals surface area contributed by atoms with Crippen molar-refractivity contribution in [2.75, 3.05) is 25.2 Å². The smallest absolute Gasteiger partial charge is 0.326 e. The molecule has 2 heterocycles. The van der Waals surface area contributed by atoms with Gasteiger partial charge in [0.05, 0.1) is 17.2 Å². The Kier molecular flexibility index (Phi) is 6.55. The molecule has 7 nitrogen and oxygen atoms in total. The average molecular weight is 455 g/mol. The zero-order valence-electron chi connectivity index (χ0n) is 16.2. The first-order chi connectivity index (χ1) is 13.7. The van der Waals surface area contributed by atoms with E-state index in [1.165, 1.54) is 23.3 Å². The molecule has 0 aliphatic carbocycles. The molecule has 1 amide bonds. The summed E-state index contributed by atoms with van der Waals surface area (Å²) in [5, 5.41) is 1.89. The van der Waals surface area contributed by atoms with Gasteiger partial charge in [-0.2, -0.15) is 0 Å². The van der Waals surface area contributed by atoms with Gasteiger partial charge in [-0.25, -0.2) is 8.42 Å². The highest BCUT2D eigenvalue weighted by atomic mass is 32.2. The maximum absolute atomic E-state index is 12.3. The van der Waals surface area contributed by atoms with Crippen LogP contribution in [0.3, 0.4) is 0 Å². The number of benzene rings is 1. The van der Waals surface area contributed by atoms with E-state index in [0.29, 0.717) is 10.4 Å². The molecule has 1 aliphatic heterocycles. The Balaban J connectivity index is 1.60. The standard InChI is InChI=1S/C19H22N2O5S3/c1-13-3-5-14(6-4-13)16-11-28-19(27)21(16)9-18(23)26-10-17(22)20(2)15-7-8-29(24,25)12-15/h3-6,11,15H,7-10,12H2,1-2H3. The highest BCUT2D eigenvalue weighted by molar-refractivity contribution is 7.91. The van der Waals surface area contributed by atoms with Crippen molar-refractivity contribution in [2.45, 2.75) is 25.9 Å². The maximum atomic E-state index is 12.3. The van der Waals surface area contributed by atoms with Crippen LogP contribution in [0.1, 0.15) is 12.0 Å². The number of rotatable bonds is 6. The number of aromatic nitrogens is 1. The summed E-state index contributed by atoms with van der Waals surface area (Å²) in [6.45, 7) is 1.47. The highest BCUT2D eigenvalue weighted by Gasteiger charge is 2.32. The number of carbonyl (C=O) groups is 2. The van der Waals surface area contributed by atoms with E-state index in [0.717, 1.165) is 16.8 Å². The molecule has 1 aliphatic rings. The topological polar surface area (TPSA) is 85.7 Å². The van der Waals surface area contributed by atoms with E-state index >= 15 is 0 Å². The number of carbonyl (C=O) groups excluding carboxylic acids is 2. The predicted molar refractivity (Wildman–Crippen MR) is 114 cm³/mol. The van der Waals surface area contributed by atoms with Crippen molar-refractivity contribution in [1.82, 2.24) is 9.47 Å². The molecule has 1 fully saturated rings. The number of hydrogen-bond acceptors (Lipinski definition) is 7. The second-order valence-electron chi connectivity index (χ2n) is 7.06. The monoisotopic (exact) mass is 454 g/mol. The van der Waals surface area contributed by atoms with Crippen LogP contribution in [0.4, 0.5) is 0 Å². The van der Waals surface area contributed by atoms with Crippen LogP contribution in [-0.2, 0) is 30.7 Å². The first kappa shape index (κ1) is 21.7. The lowest BCUT2D eigenvalue weighted by Gasteiger charge is -2.23. The summed E-state index contributed by atoms with van der Waals surface area (Å²) in [6.07, 6.45) is 0.405.